The van der Waals surface area contributed by atoms with E-state index in [9.17, 15) is 14.3 Å². The zero-order chi connectivity index (χ0) is 28.6. The number of H-pyrrole nitrogens is 1. The van der Waals surface area contributed by atoms with Crippen LogP contribution in [-0.2, 0) is 0 Å². The Morgan fingerprint density at radius 2 is 1.85 bits per heavy atom. The first kappa shape index (κ1) is 26.9. The number of aromatic nitrogens is 5. The number of halogens is 1. The van der Waals surface area contributed by atoms with Gasteiger partial charge in [0.2, 0.25) is 11.9 Å². The number of amides is 1. The number of nitrogens with one attached hydrogen (secondary N) is 3. The number of nitrogens with zero attached hydrogens (tertiary/aromatic N) is 7. The van der Waals surface area contributed by atoms with Crippen molar-refractivity contribution in [1.82, 2.24) is 29.8 Å². The highest BCUT2D eigenvalue weighted by molar-refractivity contribution is 5.82. The molecule has 210 valence electrons. The standard InChI is InChI=1S/C27H33FN10O2/c1-27(2,3)21-15-37(10-11-38(21)26(39)40)22-9-7-17(13-29-22)31-23-18(28)14-30-24(35-23)32-16-6-8-19-20(12-16)34-25(33-19)36(4)5/h6-9,12-14,21H,10-11,15H2,1-5H3,(H,33,34)(H,39,40)(H2,30,31,32,35). The van der Waals surface area contributed by atoms with Gasteiger partial charge in [-0.2, -0.15) is 4.98 Å². The van der Waals surface area contributed by atoms with Crippen molar-refractivity contribution >= 4 is 52.0 Å². The lowest BCUT2D eigenvalue weighted by atomic mass is 9.84. The van der Waals surface area contributed by atoms with E-state index in [0.717, 1.165) is 34.7 Å². The third kappa shape index (κ3) is 5.67. The molecule has 4 N–H and O–H groups in total. The molecule has 3 aromatic heterocycles. The van der Waals surface area contributed by atoms with Crippen LogP contribution in [0.1, 0.15) is 20.8 Å². The van der Waals surface area contributed by atoms with Crippen LogP contribution in [0.2, 0.25) is 0 Å². The second-order valence-electron chi connectivity index (χ2n) is 11.0. The first-order chi connectivity index (χ1) is 19.0. The van der Waals surface area contributed by atoms with Crippen LogP contribution >= 0.6 is 0 Å². The van der Waals surface area contributed by atoms with Gasteiger partial charge >= 0.3 is 6.09 Å². The zero-order valence-corrected chi connectivity index (χ0v) is 23.1. The summed E-state index contributed by atoms with van der Waals surface area (Å²) in [5.74, 6) is 1.10. The molecule has 1 amide bonds. The van der Waals surface area contributed by atoms with Gasteiger partial charge < -0.3 is 35.4 Å². The van der Waals surface area contributed by atoms with Gasteiger partial charge in [0.15, 0.2) is 11.6 Å². The van der Waals surface area contributed by atoms with Crippen LogP contribution in [-0.4, -0.2) is 80.8 Å². The van der Waals surface area contributed by atoms with Gasteiger partial charge in [-0.1, -0.05) is 20.8 Å². The molecule has 40 heavy (non-hydrogen) atoms. The molecule has 0 aliphatic carbocycles. The van der Waals surface area contributed by atoms with Gasteiger partial charge in [-0.25, -0.2) is 24.1 Å². The SMILES string of the molecule is CN(C)c1nc2ccc(Nc3ncc(F)c(Nc4ccc(N5CCN(C(=O)O)C(C(C)(C)C)C5)nc4)n3)cc2[nH]1. The van der Waals surface area contributed by atoms with E-state index < -0.39 is 11.9 Å². The van der Waals surface area contributed by atoms with E-state index >= 15 is 0 Å². The molecule has 0 radical (unpaired) electrons. The second kappa shape index (κ2) is 10.5. The Kier molecular flexibility index (Phi) is 7.04. The summed E-state index contributed by atoms with van der Waals surface area (Å²) in [6.07, 6.45) is 1.80. The fourth-order valence-corrected chi connectivity index (χ4v) is 4.67. The average molecular weight is 549 g/mol. The number of carboxylic acid groups (broad SMARTS) is 1. The van der Waals surface area contributed by atoms with Crippen LogP contribution in [0.4, 0.5) is 44.1 Å². The highest BCUT2D eigenvalue weighted by atomic mass is 19.1. The van der Waals surface area contributed by atoms with Crippen LogP contribution in [0.15, 0.2) is 42.7 Å². The Hall–Kier alpha value is -4.68. The van der Waals surface area contributed by atoms with E-state index in [4.69, 9.17) is 0 Å². The molecule has 0 spiro atoms. The van der Waals surface area contributed by atoms with Gasteiger partial charge in [-0.3, -0.25) is 0 Å². The molecule has 1 fully saturated rings. The molecule has 5 rings (SSSR count). The van der Waals surface area contributed by atoms with E-state index in [0.29, 0.717) is 25.3 Å². The Balaban J connectivity index is 1.28. The van der Waals surface area contributed by atoms with Gasteiger partial charge in [0.25, 0.3) is 0 Å². The second-order valence-corrected chi connectivity index (χ2v) is 11.0. The maximum atomic E-state index is 14.6. The predicted molar refractivity (Wildman–Crippen MR) is 153 cm³/mol. The van der Waals surface area contributed by atoms with E-state index in [2.05, 4.69) is 40.5 Å². The summed E-state index contributed by atoms with van der Waals surface area (Å²) in [6, 6.07) is 9.06. The number of piperazine rings is 1. The minimum atomic E-state index is -0.909. The van der Waals surface area contributed by atoms with Crippen LogP contribution < -0.4 is 20.4 Å². The number of benzene rings is 1. The molecule has 1 unspecified atom stereocenters. The van der Waals surface area contributed by atoms with E-state index in [1.54, 1.807) is 12.3 Å². The molecule has 4 heterocycles. The number of pyridine rings is 1. The van der Waals surface area contributed by atoms with Crippen molar-refractivity contribution in [3.05, 3.63) is 48.5 Å². The number of fused-ring (bicyclic) bond motifs is 1. The summed E-state index contributed by atoms with van der Waals surface area (Å²) in [4.78, 5) is 37.9. The molecular weight excluding hydrogens is 515 g/mol. The first-order valence-electron chi connectivity index (χ1n) is 12.9. The molecule has 1 aliphatic rings. The molecular formula is C27H33FN10O2. The minimum Gasteiger partial charge on any atom is -0.465 e. The van der Waals surface area contributed by atoms with Crippen LogP contribution in [0.5, 0.6) is 0 Å². The molecule has 12 nitrogen and oxygen atoms in total. The normalized spacial score (nSPS) is 15.8. The fraction of sp³-hybridized carbons (Fsp3) is 0.370. The van der Waals surface area contributed by atoms with Gasteiger partial charge in [0.05, 0.1) is 35.2 Å². The Bertz CT molecular complexity index is 1520. The lowest BCUT2D eigenvalue weighted by Gasteiger charge is -2.46. The van der Waals surface area contributed by atoms with Crippen LogP contribution in [0.25, 0.3) is 11.0 Å². The number of hydrogen-bond acceptors (Lipinski definition) is 9. The van der Waals surface area contributed by atoms with Crippen molar-refractivity contribution in [2.24, 2.45) is 5.41 Å². The van der Waals surface area contributed by atoms with Crippen molar-refractivity contribution in [2.75, 3.05) is 54.2 Å². The smallest absolute Gasteiger partial charge is 0.407 e. The molecule has 4 aromatic rings. The highest BCUT2D eigenvalue weighted by Crippen LogP contribution is 2.30. The molecule has 1 atom stereocenters. The van der Waals surface area contributed by atoms with E-state index in [1.165, 1.54) is 4.90 Å². The molecule has 0 bridgehead atoms. The number of carbonyl (C=O) groups is 1. The number of imidazole rings is 1. The largest absolute Gasteiger partial charge is 0.465 e. The molecule has 13 heteroatoms. The summed E-state index contributed by atoms with van der Waals surface area (Å²) in [6.45, 7) is 7.57. The van der Waals surface area contributed by atoms with Crippen molar-refractivity contribution in [1.29, 1.82) is 0 Å². The topological polar surface area (TPSA) is 138 Å². The molecule has 1 aliphatic heterocycles. The number of hydrogen-bond donors (Lipinski definition) is 4. The number of aromatic amines is 1. The minimum absolute atomic E-state index is 0.00688. The summed E-state index contributed by atoms with van der Waals surface area (Å²) < 4.78 is 14.6. The Labute approximate surface area is 231 Å². The molecule has 1 saturated heterocycles. The molecule has 0 saturated carbocycles. The number of anilines is 6. The zero-order valence-electron chi connectivity index (χ0n) is 23.1. The van der Waals surface area contributed by atoms with Gasteiger partial charge in [-0.15, -0.1) is 0 Å². The van der Waals surface area contributed by atoms with Crippen molar-refractivity contribution < 1.29 is 14.3 Å². The monoisotopic (exact) mass is 548 g/mol. The Morgan fingerprint density at radius 3 is 2.52 bits per heavy atom. The lowest BCUT2D eigenvalue weighted by Crippen LogP contribution is -2.59. The van der Waals surface area contributed by atoms with E-state index in [-0.39, 0.29) is 23.2 Å². The van der Waals surface area contributed by atoms with Crippen molar-refractivity contribution in [3.63, 3.8) is 0 Å². The summed E-state index contributed by atoms with van der Waals surface area (Å²) >= 11 is 0. The fourth-order valence-electron chi connectivity index (χ4n) is 4.67. The highest BCUT2D eigenvalue weighted by Gasteiger charge is 2.38. The first-order valence-corrected chi connectivity index (χ1v) is 12.9. The van der Waals surface area contributed by atoms with Gasteiger partial charge in [0.1, 0.15) is 5.82 Å². The number of rotatable bonds is 6. The van der Waals surface area contributed by atoms with Gasteiger partial charge in [-0.05, 0) is 35.7 Å². The van der Waals surface area contributed by atoms with Crippen LogP contribution in [0.3, 0.4) is 0 Å². The third-order valence-electron chi connectivity index (χ3n) is 6.85. The summed E-state index contributed by atoms with van der Waals surface area (Å²) in [7, 11) is 3.82. The summed E-state index contributed by atoms with van der Waals surface area (Å²) in [5, 5.41) is 15.7. The van der Waals surface area contributed by atoms with Crippen LogP contribution in [0, 0.1) is 11.2 Å². The average Bonchev–Trinajstić information content (AvgIpc) is 3.34. The predicted octanol–water partition coefficient (Wildman–Crippen LogP) is 4.65. The summed E-state index contributed by atoms with van der Waals surface area (Å²) in [5.41, 5.74) is 2.72. The van der Waals surface area contributed by atoms with E-state index in [1.807, 2.05) is 64.0 Å². The maximum absolute atomic E-state index is 14.6. The van der Waals surface area contributed by atoms with Crippen molar-refractivity contribution in [2.45, 2.75) is 26.8 Å². The van der Waals surface area contributed by atoms with Gasteiger partial charge in [0, 0.05) is 39.4 Å². The third-order valence-corrected chi connectivity index (χ3v) is 6.85. The Morgan fingerprint density at radius 1 is 1.07 bits per heavy atom. The lowest BCUT2D eigenvalue weighted by molar-refractivity contribution is 0.0747. The maximum Gasteiger partial charge on any atom is 0.407 e. The molecule has 1 aromatic carbocycles. The quantitative estimate of drug-likeness (QED) is 0.269. The van der Waals surface area contributed by atoms with Crippen molar-refractivity contribution in [3.8, 4) is 0 Å².